The SMILES string of the molecule is O=C(NC1=N[C@H]2CCCC[C@H]2N1)c1ccc(Cl)cc1. The van der Waals surface area contributed by atoms with Crippen molar-refractivity contribution in [2.45, 2.75) is 37.8 Å². The van der Waals surface area contributed by atoms with Gasteiger partial charge in [0.15, 0.2) is 5.96 Å². The average Bonchev–Trinajstić information content (AvgIpc) is 2.81. The third kappa shape index (κ3) is 2.73. The maximum Gasteiger partial charge on any atom is 0.257 e. The van der Waals surface area contributed by atoms with E-state index >= 15 is 0 Å². The zero-order chi connectivity index (χ0) is 13.2. The van der Waals surface area contributed by atoms with E-state index < -0.39 is 0 Å². The number of nitrogens with zero attached hydrogens (tertiary/aromatic N) is 1. The summed E-state index contributed by atoms with van der Waals surface area (Å²) in [4.78, 5) is 16.6. The molecule has 0 bridgehead atoms. The summed E-state index contributed by atoms with van der Waals surface area (Å²) in [7, 11) is 0. The molecule has 0 aromatic heterocycles. The summed E-state index contributed by atoms with van der Waals surface area (Å²) in [6.07, 6.45) is 4.71. The second kappa shape index (κ2) is 5.21. The molecule has 1 aliphatic carbocycles. The Morgan fingerprint density at radius 1 is 1.26 bits per heavy atom. The van der Waals surface area contributed by atoms with Gasteiger partial charge >= 0.3 is 0 Å². The number of halogens is 1. The van der Waals surface area contributed by atoms with Crippen molar-refractivity contribution >= 4 is 23.5 Å². The first kappa shape index (κ1) is 12.5. The van der Waals surface area contributed by atoms with Gasteiger partial charge in [-0.3, -0.25) is 10.1 Å². The molecular formula is C14H16ClN3O. The Balaban J connectivity index is 1.65. The number of hydrogen-bond donors (Lipinski definition) is 2. The van der Waals surface area contributed by atoms with Crippen LogP contribution >= 0.6 is 11.6 Å². The van der Waals surface area contributed by atoms with Gasteiger partial charge in [-0.2, -0.15) is 0 Å². The molecular weight excluding hydrogens is 262 g/mol. The Kier molecular flexibility index (Phi) is 3.42. The number of carbonyl (C=O) groups is 1. The predicted molar refractivity (Wildman–Crippen MR) is 75.5 cm³/mol. The summed E-state index contributed by atoms with van der Waals surface area (Å²) in [5.74, 6) is 0.457. The minimum absolute atomic E-state index is 0.151. The molecule has 1 heterocycles. The second-order valence-corrected chi connectivity index (χ2v) is 5.48. The molecule has 1 aromatic carbocycles. The first-order chi connectivity index (χ1) is 9.22. The van der Waals surface area contributed by atoms with Crippen molar-refractivity contribution in [3.8, 4) is 0 Å². The molecule has 1 amide bonds. The zero-order valence-corrected chi connectivity index (χ0v) is 11.3. The molecule has 100 valence electrons. The molecule has 0 radical (unpaired) electrons. The lowest BCUT2D eigenvalue weighted by molar-refractivity contribution is 0.0976. The van der Waals surface area contributed by atoms with E-state index in [-0.39, 0.29) is 5.91 Å². The summed E-state index contributed by atoms with van der Waals surface area (Å²) < 4.78 is 0. The van der Waals surface area contributed by atoms with Gasteiger partial charge in [0, 0.05) is 10.6 Å². The number of carbonyl (C=O) groups excluding carboxylic acids is 1. The van der Waals surface area contributed by atoms with Crippen LogP contribution in [0.2, 0.25) is 5.02 Å². The summed E-state index contributed by atoms with van der Waals surface area (Å²) in [5, 5.41) is 6.75. The van der Waals surface area contributed by atoms with Gasteiger partial charge in [-0.05, 0) is 37.1 Å². The Morgan fingerprint density at radius 2 is 2.00 bits per heavy atom. The van der Waals surface area contributed by atoms with Crippen LogP contribution in [0.4, 0.5) is 0 Å². The van der Waals surface area contributed by atoms with Crippen molar-refractivity contribution in [3.05, 3.63) is 34.9 Å². The number of rotatable bonds is 1. The molecule has 0 spiro atoms. The molecule has 1 fully saturated rings. The van der Waals surface area contributed by atoms with Crippen molar-refractivity contribution in [3.63, 3.8) is 0 Å². The highest BCUT2D eigenvalue weighted by molar-refractivity contribution is 6.30. The molecule has 1 aliphatic heterocycles. The normalized spacial score (nSPS) is 25.2. The van der Waals surface area contributed by atoms with Crippen LogP contribution in [0.3, 0.4) is 0 Å². The van der Waals surface area contributed by atoms with Crippen molar-refractivity contribution in [2.24, 2.45) is 4.99 Å². The van der Waals surface area contributed by atoms with Gasteiger partial charge in [-0.15, -0.1) is 0 Å². The van der Waals surface area contributed by atoms with E-state index in [1.165, 1.54) is 12.8 Å². The lowest BCUT2D eigenvalue weighted by Gasteiger charge is -2.22. The van der Waals surface area contributed by atoms with Crippen LogP contribution in [0.25, 0.3) is 0 Å². The van der Waals surface area contributed by atoms with Gasteiger partial charge in [0.1, 0.15) is 0 Å². The fraction of sp³-hybridized carbons (Fsp3) is 0.429. The van der Waals surface area contributed by atoms with Crippen LogP contribution in [0.1, 0.15) is 36.0 Å². The first-order valence-corrected chi connectivity index (χ1v) is 7.01. The highest BCUT2D eigenvalue weighted by Crippen LogP contribution is 2.24. The lowest BCUT2D eigenvalue weighted by Crippen LogP contribution is -2.43. The number of nitrogens with one attached hydrogen (secondary N) is 2. The van der Waals surface area contributed by atoms with Crippen LogP contribution in [0, 0.1) is 0 Å². The van der Waals surface area contributed by atoms with E-state index in [2.05, 4.69) is 15.6 Å². The van der Waals surface area contributed by atoms with E-state index in [9.17, 15) is 4.79 Å². The Morgan fingerprint density at radius 3 is 2.74 bits per heavy atom. The number of fused-ring (bicyclic) bond motifs is 1. The van der Waals surface area contributed by atoms with Crippen LogP contribution in [-0.4, -0.2) is 24.0 Å². The summed E-state index contributed by atoms with van der Waals surface area (Å²) >= 11 is 5.80. The van der Waals surface area contributed by atoms with Crippen LogP contribution < -0.4 is 10.6 Å². The average molecular weight is 278 g/mol. The third-order valence-corrected chi connectivity index (χ3v) is 3.94. The van der Waals surface area contributed by atoms with Crippen LogP contribution in [0.5, 0.6) is 0 Å². The molecule has 5 heteroatoms. The number of aliphatic imine (C=N–C) groups is 1. The predicted octanol–water partition coefficient (Wildman–Crippen LogP) is 2.34. The molecule has 0 saturated heterocycles. The largest absolute Gasteiger partial charge is 0.351 e. The molecule has 0 unspecified atom stereocenters. The third-order valence-electron chi connectivity index (χ3n) is 3.68. The first-order valence-electron chi connectivity index (χ1n) is 6.63. The van der Waals surface area contributed by atoms with Gasteiger partial charge in [-0.25, -0.2) is 4.99 Å². The van der Waals surface area contributed by atoms with E-state index in [1.807, 2.05) is 0 Å². The van der Waals surface area contributed by atoms with E-state index in [0.29, 0.717) is 28.6 Å². The highest BCUT2D eigenvalue weighted by Gasteiger charge is 2.31. The maximum atomic E-state index is 12.0. The molecule has 2 aliphatic rings. The second-order valence-electron chi connectivity index (χ2n) is 5.04. The standard InChI is InChI=1S/C14H16ClN3O/c15-10-7-5-9(6-8-10)13(19)18-14-16-11-3-1-2-4-12(11)17-14/h5-8,11-12H,1-4H2,(H2,16,17,18,19)/t11-,12+. The number of guanidine groups is 1. The van der Waals surface area contributed by atoms with Crippen molar-refractivity contribution < 1.29 is 4.79 Å². The highest BCUT2D eigenvalue weighted by atomic mass is 35.5. The quantitative estimate of drug-likeness (QED) is 0.828. The smallest absolute Gasteiger partial charge is 0.257 e. The number of amides is 1. The van der Waals surface area contributed by atoms with E-state index in [4.69, 9.17) is 11.6 Å². The van der Waals surface area contributed by atoms with Gasteiger partial charge in [0.05, 0.1) is 12.1 Å². The van der Waals surface area contributed by atoms with Crippen molar-refractivity contribution in [1.82, 2.24) is 10.6 Å². The Hall–Kier alpha value is -1.55. The summed E-state index contributed by atoms with van der Waals surface area (Å²) in [5.41, 5.74) is 0.587. The number of hydrogen-bond acceptors (Lipinski definition) is 3. The van der Waals surface area contributed by atoms with Gasteiger partial charge in [-0.1, -0.05) is 24.4 Å². The minimum atomic E-state index is -0.151. The molecule has 2 N–H and O–H groups in total. The molecule has 19 heavy (non-hydrogen) atoms. The monoisotopic (exact) mass is 277 g/mol. The van der Waals surface area contributed by atoms with Gasteiger partial charge < -0.3 is 5.32 Å². The fourth-order valence-corrected chi connectivity index (χ4v) is 2.79. The molecule has 1 aromatic rings. The minimum Gasteiger partial charge on any atom is -0.351 e. The summed E-state index contributed by atoms with van der Waals surface area (Å²) in [6, 6.07) is 7.56. The van der Waals surface area contributed by atoms with Gasteiger partial charge in [0.2, 0.25) is 0 Å². The summed E-state index contributed by atoms with van der Waals surface area (Å²) in [6.45, 7) is 0. The maximum absolute atomic E-state index is 12.0. The van der Waals surface area contributed by atoms with Crippen molar-refractivity contribution in [1.29, 1.82) is 0 Å². The Bertz CT molecular complexity index is 512. The van der Waals surface area contributed by atoms with Gasteiger partial charge in [0.25, 0.3) is 5.91 Å². The molecule has 3 rings (SSSR count). The topological polar surface area (TPSA) is 53.5 Å². The molecule has 4 nitrogen and oxygen atoms in total. The van der Waals surface area contributed by atoms with Crippen LogP contribution in [-0.2, 0) is 0 Å². The van der Waals surface area contributed by atoms with Crippen LogP contribution in [0.15, 0.2) is 29.3 Å². The molecule has 1 saturated carbocycles. The lowest BCUT2D eigenvalue weighted by atomic mass is 9.92. The fourth-order valence-electron chi connectivity index (χ4n) is 2.66. The number of benzene rings is 1. The Labute approximate surface area is 117 Å². The zero-order valence-electron chi connectivity index (χ0n) is 10.5. The molecule has 2 atom stereocenters. The van der Waals surface area contributed by atoms with Crippen molar-refractivity contribution in [2.75, 3.05) is 0 Å². The van der Waals surface area contributed by atoms with E-state index in [1.54, 1.807) is 24.3 Å². The van der Waals surface area contributed by atoms with E-state index in [0.717, 1.165) is 12.8 Å².